The molecule has 0 aliphatic rings. The Morgan fingerprint density at radius 3 is 2.30 bits per heavy atom. The van der Waals surface area contributed by atoms with E-state index in [-0.39, 0.29) is 0 Å². The van der Waals surface area contributed by atoms with Gasteiger partial charge in [-0.05, 0) is 18.3 Å². The molecule has 0 bridgehead atoms. The molecule has 0 saturated carbocycles. The summed E-state index contributed by atoms with van der Waals surface area (Å²) in [6, 6.07) is 0. The van der Waals surface area contributed by atoms with Crippen LogP contribution in [0.1, 0.15) is 33.6 Å². The van der Waals surface area contributed by atoms with Crippen LogP contribution in [0.3, 0.4) is 0 Å². The largest absolute Gasteiger partial charge is 0.428 e. The molecule has 2 atom stereocenters. The zero-order chi connectivity index (χ0) is 7.98. The van der Waals surface area contributed by atoms with E-state index in [0.29, 0.717) is 0 Å². The van der Waals surface area contributed by atoms with Crippen molar-refractivity contribution in [3.63, 3.8) is 0 Å². The Kier molecular flexibility index (Phi) is 6.03. The summed E-state index contributed by atoms with van der Waals surface area (Å²) in [4.78, 5) is 0. The molecule has 0 rings (SSSR count). The van der Waals surface area contributed by atoms with Crippen LogP contribution in [-0.2, 0) is 4.43 Å². The minimum Gasteiger partial charge on any atom is -0.428 e. The van der Waals surface area contributed by atoms with Crippen LogP contribution in [0, 0.1) is 11.8 Å². The fraction of sp³-hybridized carbons (Fsp3) is 1.00. The zero-order valence-electron chi connectivity index (χ0n) is 7.68. The zero-order valence-corrected chi connectivity index (χ0v) is 9.68. The molecular weight excluding hydrogens is 140 g/mol. The minimum atomic E-state index is 0.757. The lowest BCUT2D eigenvalue weighted by molar-refractivity contribution is 0.251. The summed E-state index contributed by atoms with van der Waals surface area (Å²) >= 11 is 0. The third-order valence-electron chi connectivity index (χ3n) is 1.95. The molecule has 62 valence electrons. The second kappa shape index (κ2) is 5.92. The summed E-state index contributed by atoms with van der Waals surface area (Å²) in [5.74, 6) is 1.62. The third kappa shape index (κ3) is 5.00. The average molecular weight is 160 g/mol. The topological polar surface area (TPSA) is 9.23 Å². The van der Waals surface area contributed by atoms with Gasteiger partial charge in [-0.2, -0.15) is 0 Å². The standard InChI is InChI=1S/C8H20OSi/c1-4-7(2)5-8(3)6-9-10/h7-8H,4-6H2,1-3,10H3. The van der Waals surface area contributed by atoms with Crippen molar-refractivity contribution in [3.05, 3.63) is 0 Å². The summed E-state index contributed by atoms with van der Waals surface area (Å²) in [5, 5.41) is 0. The SMILES string of the molecule is CCC(C)CC(C)CO[SiH3]. The van der Waals surface area contributed by atoms with Gasteiger partial charge in [0.15, 0.2) is 0 Å². The molecule has 2 heteroatoms. The highest BCUT2D eigenvalue weighted by atomic mass is 28.2. The van der Waals surface area contributed by atoms with Gasteiger partial charge in [-0.15, -0.1) is 0 Å². The molecule has 0 spiro atoms. The molecule has 1 nitrogen and oxygen atoms in total. The van der Waals surface area contributed by atoms with Gasteiger partial charge >= 0.3 is 0 Å². The van der Waals surface area contributed by atoms with E-state index in [1.807, 2.05) is 0 Å². The molecule has 0 aliphatic heterocycles. The smallest absolute Gasteiger partial charge is 0.145 e. The van der Waals surface area contributed by atoms with Gasteiger partial charge < -0.3 is 4.43 Å². The molecule has 2 unspecified atom stereocenters. The van der Waals surface area contributed by atoms with Crippen LogP contribution in [0.4, 0.5) is 0 Å². The van der Waals surface area contributed by atoms with Gasteiger partial charge in [0.05, 0.1) is 0 Å². The summed E-state index contributed by atoms with van der Waals surface area (Å²) in [7, 11) is 0.889. The summed E-state index contributed by atoms with van der Waals surface area (Å²) in [6.07, 6.45) is 2.62. The van der Waals surface area contributed by atoms with Gasteiger partial charge in [0.25, 0.3) is 0 Å². The van der Waals surface area contributed by atoms with E-state index >= 15 is 0 Å². The average Bonchev–Trinajstić information content (AvgIpc) is 1.88. The van der Waals surface area contributed by atoms with E-state index in [2.05, 4.69) is 20.8 Å². The van der Waals surface area contributed by atoms with Gasteiger partial charge in [-0.1, -0.05) is 27.2 Å². The molecule has 0 N–H and O–H groups in total. The summed E-state index contributed by atoms with van der Waals surface area (Å²) < 4.78 is 5.19. The second-order valence-corrected chi connectivity index (χ2v) is 3.89. The molecule has 0 aromatic carbocycles. The van der Waals surface area contributed by atoms with Crippen molar-refractivity contribution in [2.45, 2.75) is 33.6 Å². The third-order valence-corrected chi connectivity index (χ3v) is 2.29. The first-order valence-electron chi connectivity index (χ1n) is 4.19. The van der Waals surface area contributed by atoms with Crippen LogP contribution in [0.5, 0.6) is 0 Å². The molecule has 0 fully saturated rings. The Hall–Kier alpha value is 0.177. The second-order valence-electron chi connectivity index (χ2n) is 3.31. The molecule has 0 radical (unpaired) electrons. The van der Waals surface area contributed by atoms with E-state index in [1.165, 1.54) is 12.8 Å². The molecule has 10 heavy (non-hydrogen) atoms. The molecule has 0 aliphatic carbocycles. The highest BCUT2D eigenvalue weighted by molar-refractivity contribution is 5.97. The van der Waals surface area contributed by atoms with E-state index in [0.717, 1.165) is 28.9 Å². The van der Waals surface area contributed by atoms with Crippen molar-refractivity contribution in [2.75, 3.05) is 6.61 Å². The van der Waals surface area contributed by atoms with Crippen molar-refractivity contribution < 1.29 is 4.43 Å². The van der Waals surface area contributed by atoms with Crippen LogP contribution >= 0.6 is 0 Å². The molecule has 0 saturated heterocycles. The van der Waals surface area contributed by atoms with E-state index in [4.69, 9.17) is 4.43 Å². The Labute approximate surface area is 67.7 Å². The molecule has 0 heterocycles. The predicted molar refractivity (Wildman–Crippen MR) is 49.1 cm³/mol. The first kappa shape index (κ1) is 10.2. The number of rotatable bonds is 5. The lowest BCUT2D eigenvalue weighted by atomic mass is 9.96. The van der Waals surface area contributed by atoms with Crippen molar-refractivity contribution in [1.82, 2.24) is 0 Å². The fourth-order valence-electron chi connectivity index (χ4n) is 1.21. The minimum absolute atomic E-state index is 0.757. The molecule has 0 amide bonds. The molecule has 0 aromatic rings. The number of hydrogen-bond acceptors (Lipinski definition) is 1. The van der Waals surface area contributed by atoms with Gasteiger partial charge in [0, 0.05) is 6.61 Å². The van der Waals surface area contributed by atoms with E-state index in [9.17, 15) is 0 Å². The van der Waals surface area contributed by atoms with Crippen LogP contribution in [-0.4, -0.2) is 17.1 Å². The Morgan fingerprint density at radius 1 is 1.30 bits per heavy atom. The maximum Gasteiger partial charge on any atom is 0.145 e. The van der Waals surface area contributed by atoms with Gasteiger partial charge in [-0.25, -0.2) is 0 Å². The van der Waals surface area contributed by atoms with Gasteiger partial charge in [0.1, 0.15) is 10.5 Å². The van der Waals surface area contributed by atoms with Crippen molar-refractivity contribution in [1.29, 1.82) is 0 Å². The quantitative estimate of drug-likeness (QED) is 0.552. The summed E-state index contributed by atoms with van der Waals surface area (Å²) in [5.41, 5.74) is 0. The maximum absolute atomic E-state index is 5.19. The van der Waals surface area contributed by atoms with Gasteiger partial charge in [-0.3, -0.25) is 0 Å². The van der Waals surface area contributed by atoms with Crippen LogP contribution in [0.2, 0.25) is 0 Å². The van der Waals surface area contributed by atoms with E-state index < -0.39 is 0 Å². The Bertz CT molecular complexity index is 75.7. The molecule has 0 aromatic heterocycles. The predicted octanol–water partition coefficient (Wildman–Crippen LogP) is 1.36. The van der Waals surface area contributed by atoms with Crippen LogP contribution < -0.4 is 0 Å². The Balaban J connectivity index is 3.27. The maximum atomic E-state index is 5.19. The normalized spacial score (nSPS) is 17.1. The first-order chi connectivity index (χ1) is 4.70. The highest BCUT2D eigenvalue weighted by Gasteiger charge is 2.05. The first-order valence-corrected chi connectivity index (χ1v) is 5.01. The highest BCUT2D eigenvalue weighted by Crippen LogP contribution is 2.14. The fourth-order valence-corrected chi connectivity index (χ4v) is 1.78. The lowest BCUT2D eigenvalue weighted by Gasteiger charge is -2.14. The molecular formula is C8H20OSi. The van der Waals surface area contributed by atoms with Crippen LogP contribution in [0.15, 0.2) is 0 Å². The Morgan fingerprint density at radius 2 is 1.90 bits per heavy atom. The lowest BCUT2D eigenvalue weighted by Crippen LogP contribution is -2.08. The van der Waals surface area contributed by atoms with Gasteiger partial charge in [0.2, 0.25) is 0 Å². The monoisotopic (exact) mass is 160 g/mol. The number of hydrogen-bond donors (Lipinski definition) is 0. The van der Waals surface area contributed by atoms with Crippen molar-refractivity contribution >= 4 is 10.5 Å². The van der Waals surface area contributed by atoms with E-state index in [1.54, 1.807) is 0 Å². The van der Waals surface area contributed by atoms with Crippen molar-refractivity contribution in [3.8, 4) is 0 Å². The van der Waals surface area contributed by atoms with Crippen LogP contribution in [0.25, 0.3) is 0 Å². The van der Waals surface area contributed by atoms with Crippen molar-refractivity contribution in [2.24, 2.45) is 11.8 Å². The summed E-state index contributed by atoms with van der Waals surface area (Å²) in [6.45, 7) is 7.79.